The summed E-state index contributed by atoms with van der Waals surface area (Å²) in [6.45, 7) is 9.04. The second-order valence-electron chi connectivity index (χ2n) is 6.03. The summed E-state index contributed by atoms with van der Waals surface area (Å²) < 4.78 is 0. The quantitative estimate of drug-likeness (QED) is 0.839. The van der Waals surface area contributed by atoms with E-state index < -0.39 is 0 Å². The van der Waals surface area contributed by atoms with Gasteiger partial charge in [-0.05, 0) is 64.1 Å². The Bertz CT molecular complexity index is 394. The van der Waals surface area contributed by atoms with Crippen LogP contribution in [0, 0.1) is 6.92 Å². The van der Waals surface area contributed by atoms with E-state index in [1.54, 1.807) is 0 Å². The van der Waals surface area contributed by atoms with E-state index in [4.69, 9.17) is 0 Å². The van der Waals surface area contributed by atoms with Crippen molar-refractivity contribution in [2.75, 3.05) is 18.0 Å². The van der Waals surface area contributed by atoms with Gasteiger partial charge in [-0.15, -0.1) is 0 Å². The second-order valence-corrected chi connectivity index (χ2v) is 6.03. The Morgan fingerprint density at radius 2 is 1.80 bits per heavy atom. The van der Waals surface area contributed by atoms with E-state index in [-0.39, 0.29) is 0 Å². The van der Waals surface area contributed by atoms with Crippen LogP contribution >= 0.6 is 0 Å². The van der Waals surface area contributed by atoms with Crippen LogP contribution in [0.2, 0.25) is 0 Å². The Morgan fingerprint density at radius 3 is 2.40 bits per heavy atom. The van der Waals surface area contributed by atoms with Gasteiger partial charge >= 0.3 is 0 Å². The van der Waals surface area contributed by atoms with Gasteiger partial charge in [-0.2, -0.15) is 0 Å². The topological polar surface area (TPSA) is 15.3 Å². The maximum Gasteiger partial charge on any atom is 0.0398 e. The van der Waals surface area contributed by atoms with Crippen LogP contribution in [0.5, 0.6) is 0 Å². The van der Waals surface area contributed by atoms with Crippen LogP contribution in [0.25, 0.3) is 0 Å². The first-order valence-electron chi connectivity index (χ1n) is 8.31. The van der Waals surface area contributed by atoms with Crippen molar-refractivity contribution in [3.63, 3.8) is 0 Å². The molecule has 1 aromatic rings. The van der Waals surface area contributed by atoms with Crippen LogP contribution < -0.4 is 10.2 Å². The average molecular weight is 274 g/mol. The summed E-state index contributed by atoms with van der Waals surface area (Å²) in [6, 6.07) is 10.3. The van der Waals surface area contributed by atoms with E-state index in [9.17, 15) is 0 Å². The molecule has 0 aliphatic heterocycles. The smallest absolute Gasteiger partial charge is 0.0398 e. The van der Waals surface area contributed by atoms with Crippen LogP contribution in [-0.4, -0.2) is 25.2 Å². The molecule has 0 amide bonds. The third-order valence-electron chi connectivity index (χ3n) is 4.59. The lowest BCUT2D eigenvalue weighted by molar-refractivity contribution is 0.333. The monoisotopic (exact) mass is 274 g/mol. The molecule has 1 aromatic carbocycles. The summed E-state index contributed by atoms with van der Waals surface area (Å²) in [6.07, 6.45) is 6.54. The Hall–Kier alpha value is -1.02. The van der Waals surface area contributed by atoms with E-state index >= 15 is 0 Å². The third kappa shape index (κ3) is 3.76. The van der Waals surface area contributed by atoms with Crippen molar-refractivity contribution in [1.82, 2.24) is 5.32 Å². The molecule has 1 aliphatic carbocycles. The molecule has 0 spiro atoms. The maximum absolute atomic E-state index is 3.68. The van der Waals surface area contributed by atoms with Crippen molar-refractivity contribution in [3.8, 4) is 0 Å². The molecule has 0 radical (unpaired) electrons. The molecule has 2 heteroatoms. The SMILES string of the molecule is CCCNC1CCC(N(CC)c2ccccc2C)CC1. The molecule has 1 N–H and O–H groups in total. The summed E-state index contributed by atoms with van der Waals surface area (Å²) in [7, 11) is 0. The maximum atomic E-state index is 3.68. The summed E-state index contributed by atoms with van der Waals surface area (Å²) in [5, 5.41) is 3.68. The molecule has 2 rings (SSSR count). The first kappa shape index (κ1) is 15.4. The highest BCUT2D eigenvalue weighted by molar-refractivity contribution is 5.53. The molecule has 112 valence electrons. The molecular formula is C18H30N2. The van der Waals surface area contributed by atoms with Gasteiger partial charge in [0.25, 0.3) is 0 Å². The van der Waals surface area contributed by atoms with E-state index in [1.807, 2.05) is 0 Å². The molecular weight excluding hydrogens is 244 g/mol. The summed E-state index contributed by atoms with van der Waals surface area (Å²) in [5.41, 5.74) is 2.83. The zero-order valence-corrected chi connectivity index (χ0v) is 13.4. The lowest BCUT2D eigenvalue weighted by atomic mass is 9.89. The van der Waals surface area contributed by atoms with Gasteiger partial charge in [0.05, 0.1) is 0 Å². The van der Waals surface area contributed by atoms with Gasteiger partial charge in [0.1, 0.15) is 0 Å². The highest BCUT2D eigenvalue weighted by Gasteiger charge is 2.25. The minimum absolute atomic E-state index is 0.723. The third-order valence-corrected chi connectivity index (χ3v) is 4.59. The Kier molecular flexibility index (Phi) is 5.90. The molecule has 1 fully saturated rings. The van der Waals surface area contributed by atoms with Crippen LogP contribution in [0.4, 0.5) is 5.69 Å². The van der Waals surface area contributed by atoms with Crippen molar-refractivity contribution < 1.29 is 0 Å². The standard InChI is InChI=1S/C18H30N2/c1-4-14-19-16-10-12-17(13-11-16)20(5-2)18-9-7-6-8-15(18)3/h6-9,16-17,19H,4-5,10-14H2,1-3H3. The largest absolute Gasteiger partial charge is 0.369 e. The number of para-hydroxylation sites is 1. The number of aryl methyl sites for hydroxylation is 1. The van der Waals surface area contributed by atoms with Gasteiger partial charge in [-0.1, -0.05) is 25.1 Å². The van der Waals surface area contributed by atoms with Gasteiger partial charge in [-0.25, -0.2) is 0 Å². The van der Waals surface area contributed by atoms with E-state index in [1.165, 1.54) is 49.9 Å². The van der Waals surface area contributed by atoms with Crippen LogP contribution in [0.3, 0.4) is 0 Å². The van der Waals surface area contributed by atoms with Crippen molar-refractivity contribution >= 4 is 5.69 Å². The van der Waals surface area contributed by atoms with Gasteiger partial charge < -0.3 is 10.2 Å². The van der Waals surface area contributed by atoms with E-state index in [0.717, 1.165) is 18.6 Å². The van der Waals surface area contributed by atoms with Crippen molar-refractivity contribution in [1.29, 1.82) is 0 Å². The summed E-state index contributed by atoms with van der Waals surface area (Å²) in [4.78, 5) is 2.62. The lowest BCUT2D eigenvalue weighted by Gasteiger charge is -2.38. The van der Waals surface area contributed by atoms with Gasteiger partial charge in [0.15, 0.2) is 0 Å². The number of hydrogen-bond donors (Lipinski definition) is 1. The molecule has 0 heterocycles. The minimum atomic E-state index is 0.723. The Balaban J connectivity index is 1.95. The first-order valence-corrected chi connectivity index (χ1v) is 8.31. The van der Waals surface area contributed by atoms with Gasteiger partial charge in [0, 0.05) is 24.3 Å². The lowest BCUT2D eigenvalue weighted by Crippen LogP contribution is -2.43. The molecule has 0 atom stereocenters. The van der Waals surface area contributed by atoms with Crippen LogP contribution in [0.15, 0.2) is 24.3 Å². The number of rotatable bonds is 6. The fraction of sp³-hybridized carbons (Fsp3) is 0.667. The Labute approximate surface area is 124 Å². The number of anilines is 1. The molecule has 1 aliphatic rings. The highest BCUT2D eigenvalue weighted by Crippen LogP contribution is 2.29. The van der Waals surface area contributed by atoms with Crippen LogP contribution in [-0.2, 0) is 0 Å². The molecule has 2 nitrogen and oxygen atoms in total. The van der Waals surface area contributed by atoms with Crippen molar-refractivity contribution in [3.05, 3.63) is 29.8 Å². The Morgan fingerprint density at radius 1 is 1.10 bits per heavy atom. The fourth-order valence-corrected chi connectivity index (χ4v) is 3.45. The fourth-order valence-electron chi connectivity index (χ4n) is 3.45. The number of hydrogen-bond acceptors (Lipinski definition) is 2. The normalized spacial score (nSPS) is 22.8. The zero-order chi connectivity index (χ0) is 14.4. The highest BCUT2D eigenvalue weighted by atomic mass is 15.2. The van der Waals surface area contributed by atoms with Crippen LogP contribution in [0.1, 0.15) is 51.5 Å². The minimum Gasteiger partial charge on any atom is -0.369 e. The molecule has 0 saturated heterocycles. The summed E-state index contributed by atoms with van der Waals surface area (Å²) in [5.74, 6) is 0. The summed E-state index contributed by atoms with van der Waals surface area (Å²) >= 11 is 0. The molecule has 1 saturated carbocycles. The van der Waals surface area contributed by atoms with Gasteiger partial charge in [0.2, 0.25) is 0 Å². The molecule has 20 heavy (non-hydrogen) atoms. The number of benzene rings is 1. The molecule has 0 bridgehead atoms. The van der Waals surface area contributed by atoms with Crippen molar-refractivity contribution in [2.45, 2.75) is 65.0 Å². The average Bonchev–Trinajstić information content (AvgIpc) is 2.49. The number of nitrogens with one attached hydrogen (secondary N) is 1. The first-order chi connectivity index (χ1) is 9.76. The van der Waals surface area contributed by atoms with Crippen molar-refractivity contribution in [2.24, 2.45) is 0 Å². The predicted molar refractivity (Wildman–Crippen MR) is 88.5 cm³/mol. The zero-order valence-electron chi connectivity index (χ0n) is 13.4. The van der Waals surface area contributed by atoms with Gasteiger partial charge in [-0.3, -0.25) is 0 Å². The second kappa shape index (κ2) is 7.68. The van der Waals surface area contributed by atoms with E-state index in [0.29, 0.717) is 0 Å². The predicted octanol–water partition coefficient (Wildman–Crippen LogP) is 4.13. The molecule has 0 unspecified atom stereocenters. The molecule has 0 aromatic heterocycles. The van der Waals surface area contributed by atoms with E-state index in [2.05, 4.69) is 55.3 Å². The number of nitrogens with zero attached hydrogens (tertiary/aromatic N) is 1.